The van der Waals surface area contributed by atoms with Crippen LogP contribution in [0.25, 0.3) is 0 Å². The van der Waals surface area contributed by atoms with Gasteiger partial charge in [-0.25, -0.2) is 12.7 Å². The number of benzene rings is 1. The molecule has 2 rings (SSSR count). The molecule has 1 aliphatic heterocycles. The Morgan fingerprint density at radius 1 is 1.44 bits per heavy atom. The SMILES string of the molecule is CCN1C(=O)c2cc(N)c(Br)cc2S1(=O)=O. The van der Waals surface area contributed by atoms with Crippen LogP contribution in [-0.2, 0) is 10.0 Å². The lowest BCUT2D eigenvalue weighted by atomic mass is 10.2. The average Bonchev–Trinajstić information content (AvgIpc) is 2.37. The molecule has 1 aliphatic rings. The largest absolute Gasteiger partial charge is 0.398 e. The molecule has 0 radical (unpaired) electrons. The molecule has 0 aliphatic carbocycles. The lowest BCUT2D eigenvalue weighted by molar-refractivity contribution is 0.0876. The Balaban J connectivity index is 2.78. The van der Waals surface area contributed by atoms with Crippen LogP contribution in [0.1, 0.15) is 17.3 Å². The number of anilines is 1. The second-order valence-electron chi connectivity index (χ2n) is 3.34. The number of carbonyl (C=O) groups excluding carboxylic acids is 1. The summed E-state index contributed by atoms with van der Waals surface area (Å²) in [5.74, 6) is -0.517. The molecule has 1 amide bonds. The molecule has 1 heterocycles. The van der Waals surface area contributed by atoms with Gasteiger partial charge in [-0.05, 0) is 35.0 Å². The van der Waals surface area contributed by atoms with Gasteiger partial charge in [0.2, 0.25) is 0 Å². The third-order valence-corrected chi connectivity index (χ3v) is 5.00. The minimum absolute atomic E-state index is 0.0143. The summed E-state index contributed by atoms with van der Waals surface area (Å²) < 4.78 is 25.2. The number of nitrogen functional groups attached to an aromatic ring is 1. The molecule has 0 aromatic heterocycles. The van der Waals surface area contributed by atoms with Gasteiger partial charge in [-0.3, -0.25) is 4.79 Å². The van der Waals surface area contributed by atoms with Gasteiger partial charge in [0.1, 0.15) is 4.90 Å². The van der Waals surface area contributed by atoms with Crippen LogP contribution < -0.4 is 5.73 Å². The first-order valence-corrected chi connectivity index (χ1v) is 6.79. The van der Waals surface area contributed by atoms with E-state index < -0.39 is 15.9 Å². The maximum atomic E-state index is 11.9. The molecule has 2 N–H and O–H groups in total. The van der Waals surface area contributed by atoms with Crippen LogP contribution in [0.15, 0.2) is 21.5 Å². The molecule has 0 fully saturated rings. The van der Waals surface area contributed by atoms with Crippen LogP contribution in [0.5, 0.6) is 0 Å². The Labute approximate surface area is 101 Å². The van der Waals surface area contributed by atoms with Crippen molar-refractivity contribution in [1.82, 2.24) is 4.31 Å². The predicted molar refractivity (Wildman–Crippen MR) is 62.5 cm³/mol. The van der Waals surface area contributed by atoms with E-state index in [1.165, 1.54) is 12.1 Å². The maximum absolute atomic E-state index is 11.9. The minimum atomic E-state index is -3.69. The third-order valence-electron chi connectivity index (χ3n) is 2.41. The van der Waals surface area contributed by atoms with Crippen molar-refractivity contribution >= 4 is 37.5 Å². The number of hydrogen-bond acceptors (Lipinski definition) is 4. The summed E-state index contributed by atoms with van der Waals surface area (Å²) >= 11 is 3.14. The number of fused-ring (bicyclic) bond motifs is 1. The maximum Gasteiger partial charge on any atom is 0.269 e. The summed E-state index contributed by atoms with van der Waals surface area (Å²) in [5.41, 5.74) is 6.11. The quantitative estimate of drug-likeness (QED) is 0.790. The topological polar surface area (TPSA) is 80.5 Å². The monoisotopic (exact) mass is 304 g/mol. The van der Waals surface area contributed by atoms with E-state index >= 15 is 0 Å². The lowest BCUT2D eigenvalue weighted by Crippen LogP contribution is -2.29. The Morgan fingerprint density at radius 2 is 2.06 bits per heavy atom. The Hall–Kier alpha value is -1.08. The number of nitrogens with zero attached hydrogens (tertiary/aromatic N) is 1. The molecular formula is C9H9BrN2O3S. The van der Waals surface area contributed by atoms with E-state index in [0.717, 1.165) is 4.31 Å². The second-order valence-corrected chi connectivity index (χ2v) is 6.03. The lowest BCUT2D eigenvalue weighted by Gasteiger charge is -2.10. The Kier molecular flexibility index (Phi) is 2.47. The van der Waals surface area contributed by atoms with Gasteiger partial charge < -0.3 is 5.73 Å². The van der Waals surface area contributed by atoms with Crippen molar-refractivity contribution in [3.8, 4) is 0 Å². The smallest absolute Gasteiger partial charge is 0.269 e. The van der Waals surface area contributed by atoms with Crippen molar-refractivity contribution in [3.63, 3.8) is 0 Å². The fourth-order valence-electron chi connectivity index (χ4n) is 1.63. The molecule has 0 atom stereocenters. The first kappa shape index (κ1) is 11.4. The van der Waals surface area contributed by atoms with E-state index in [4.69, 9.17) is 5.73 Å². The van der Waals surface area contributed by atoms with E-state index in [1.54, 1.807) is 6.92 Å². The van der Waals surface area contributed by atoms with Gasteiger partial charge >= 0.3 is 0 Å². The fourth-order valence-corrected chi connectivity index (χ4v) is 3.71. The van der Waals surface area contributed by atoms with Crippen molar-refractivity contribution in [2.75, 3.05) is 12.3 Å². The van der Waals surface area contributed by atoms with Crippen LogP contribution in [-0.4, -0.2) is 25.2 Å². The normalized spacial score (nSPS) is 17.6. The number of amides is 1. The van der Waals surface area contributed by atoms with E-state index in [2.05, 4.69) is 15.9 Å². The van der Waals surface area contributed by atoms with Crippen molar-refractivity contribution in [3.05, 3.63) is 22.2 Å². The highest BCUT2D eigenvalue weighted by atomic mass is 79.9. The van der Waals surface area contributed by atoms with Crippen LogP contribution in [0.3, 0.4) is 0 Å². The third kappa shape index (κ3) is 1.35. The van der Waals surface area contributed by atoms with Gasteiger partial charge in [-0.1, -0.05) is 0 Å². The highest BCUT2D eigenvalue weighted by Crippen LogP contribution is 2.35. The van der Waals surface area contributed by atoms with Crippen molar-refractivity contribution < 1.29 is 13.2 Å². The molecule has 1 aromatic carbocycles. The van der Waals surface area contributed by atoms with Crippen LogP contribution in [0.4, 0.5) is 5.69 Å². The molecule has 1 aromatic rings. The van der Waals surface area contributed by atoms with E-state index in [0.29, 0.717) is 10.2 Å². The van der Waals surface area contributed by atoms with Gasteiger partial charge in [0.25, 0.3) is 15.9 Å². The minimum Gasteiger partial charge on any atom is -0.398 e. The molecule has 7 heteroatoms. The first-order chi connectivity index (χ1) is 7.39. The van der Waals surface area contributed by atoms with Crippen molar-refractivity contribution in [2.45, 2.75) is 11.8 Å². The first-order valence-electron chi connectivity index (χ1n) is 4.55. The number of sulfonamides is 1. The molecular weight excluding hydrogens is 296 g/mol. The number of nitrogens with two attached hydrogens (primary N) is 1. The van der Waals surface area contributed by atoms with Crippen molar-refractivity contribution in [1.29, 1.82) is 0 Å². The summed E-state index contributed by atoms with van der Waals surface area (Å²) in [6.45, 7) is 1.73. The van der Waals surface area contributed by atoms with Gasteiger partial charge in [-0.2, -0.15) is 0 Å². The summed E-state index contributed by atoms with van der Waals surface area (Å²) in [4.78, 5) is 11.8. The molecule has 0 saturated carbocycles. The summed E-state index contributed by atoms with van der Waals surface area (Å²) in [6.07, 6.45) is 0. The summed E-state index contributed by atoms with van der Waals surface area (Å²) in [5, 5.41) is 0. The van der Waals surface area contributed by atoms with Gasteiger partial charge in [0.15, 0.2) is 0 Å². The molecule has 0 spiro atoms. The standard InChI is InChI=1S/C9H9BrN2O3S/c1-2-12-9(13)5-3-7(11)6(10)4-8(5)16(12,14)15/h3-4H,2,11H2,1H3. The van der Waals surface area contributed by atoms with Crippen LogP contribution in [0, 0.1) is 0 Å². The molecule has 5 nitrogen and oxygen atoms in total. The van der Waals surface area contributed by atoms with E-state index in [-0.39, 0.29) is 17.0 Å². The summed E-state index contributed by atoms with van der Waals surface area (Å²) in [6, 6.07) is 2.75. The van der Waals surface area contributed by atoms with Crippen LogP contribution >= 0.6 is 15.9 Å². The fraction of sp³-hybridized carbons (Fsp3) is 0.222. The highest BCUT2D eigenvalue weighted by molar-refractivity contribution is 9.10. The van der Waals surface area contributed by atoms with Gasteiger partial charge in [0.05, 0.1) is 5.56 Å². The van der Waals surface area contributed by atoms with Crippen LogP contribution in [0.2, 0.25) is 0 Å². The number of hydrogen-bond donors (Lipinski definition) is 1. The number of halogens is 1. The molecule has 0 unspecified atom stereocenters. The molecule has 0 saturated heterocycles. The van der Waals surface area contributed by atoms with Gasteiger partial charge in [-0.15, -0.1) is 0 Å². The zero-order chi connectivity index (χ0) is 12.1. The van der Waals surface area contributed by atoms with E-state index in [9.17, 15) is 13.2 Å². The number of carbonyl (C=O) groups is 1. The highest BCUT2D eigenvalue weighted by Gasteiger charge is 2.40. The predicted octanol–water partition coefficient (Wildman–Crippen LogP) is 1.20. The zero-order valence-corrected chi connectivity index (χ0v) is 10.8. The van der Waals surface area contributed by atoms with Gasteiger partial charge in [0, 0.05) is 16.7 Å². The molecule has 0 bridgehead atoms. The Bertz CT molecular complexity index is 583. The van der Waals surface area contributed by atoms with E-state index in [1.807, 2.05) is 0 Å². The summed E-state index contributed by atoms with van der Waals surface area (Å²) in [7, 11) is -3.69. The Morgan fingerprint density at radius 3 is 2.62 bits per heavy atom. The molecule has 86 valence electrons. The average molecular weight is 305 g/mol. The second kappa shape index (κ2) is 3.46. The molecule has 16 heavy (non-hydrogen) atoms. The zero-order valence-electron chi connectivity index (χ0n) is 8.40. The van der Waals surface area contributed by atoms with Crippen molar-refractivity contribution in [2.24, 2.45) is 0 Å². The number of rotatable bonds is 1.